The third kappa shape index (κ3) is 2.55. The lowest BCUT2D eigenvalue weighted by atomic mass is 10.1. The Morgan fingerprint density at radius 1 is 1.35 bits per heavy atom. The van der Waals surface area contributed by atoms with Crippen molar-refractivity contribution in [3.8, 4) is 0 Å². The number of benzene rings is 1. The van der Waals surface area contributed by atoms with Gasteiger partial charge in [0.2, 0.25) is 5.91 Å². The van der Waals surface area contributed by atoms with Crippen molar-refractivity contribution in [3.63, 3.8) is 0 Å². The molecule has 0 radical (unpaired) electrons. The second-order valence-electron chi connectivity index (χ2n) is 4.64. The van der Waals surface area contributed by atoms with Gasteiger partial charge in [0.25, 0.3) is 0 Å². The minimum Gasteiger partial charge on any atom is -0.378 e. The summed E-state index contributed by atoms with van der Waals surface area (Å²) in [6.07, 6.45) is 0.568. The highest BCUT2D eigenvalue weighted by Crippen LogP contribution is 2.27. The van der Waals surface area contributed by atoms with Crippen LogP contribution in [-0.2, 0) is 4.79 Å². The molecule has 0 aliphatic carbocycles. The van der Waals surface area contributed by atoms with Crippen LogP contribution in [0.1, 0.15) is 6.42 Å². The van der Waals surface area contributed by atoms with Crippen LogP contribution in [0.3, 0.4) is 0 Å². The van der Waals surface area contributed by atoms with E-state index in [2.05, 4.69) is 0 Å². The highest BCUT2D eigenvalue weighted by molar-refractivity contribution is 6.18. The number of carbonyl (C=O) groups is 1. The van der Waals surface area contributed by atoms with Crippen LogP contribution in [0, 0.1) is 5.92 Å². The van der Waals surface area contributed by atoms with Crippen molar-refractivity contribution < 1.29 is 4.79 Å². The van der Waals surface area contributed by atoms with E-state index in [0.29, 0.717) is 12.3 Å². The average molecular weight is 253 g/mol. The van der Waals surface area contributed by atoms with Gasteiger partial charge < -0.3 is 9.80 Å². The summed E-state index contributed by atoms with van der Waals surface area (Å²) in [6.45, 7) is 0.740. The number of anilines is 2. The van der Waals surface area contributed by atoms with Gasteiger partial charge >= 0.3 is 0 Å². The zero-order valence-electron chi connectivity index (χ0n) is 10.2. The fraction of sp³-hybridized carbons (Fsp3) is 0.462. The van der Waals surface area contributed by atoms with Crippen LogP contribution in [0.2, 0.25) is 0 Å². The molecule has 1 unspecified atom stereocenters. The maximum Gasteiger partial charge on any atom is 0.227 e. The highest BCUT2D eigenvalue weighted by atomic mass is 35.5. The first kappa shape index (κ1) is 12.2. The molecule has 1 aromatic carbocycles. The third-order valence-corrected chi connectivity index (χ3v) is 3.54. The summed E-state index contributed by atoms with van der Waals surface area (Å²) in [5.41, 5.74) is 2.10. The van der Waals surface area contributed by atoms with Crippen molar-refractivity contribution in [3.05, 3.63) is 24.3 Å². The van der Waals surface area contributed by atoms with Crippen LogP contribution >= 0.6 is 11.6 Å². The summed E-state index contributed by atoms with van der Waals surface area (Å²) >= 11 is 5.81. The van der Waals surface area contributed by atoms with Gasteiger partial charge in [-0.25, -0.2) is 0 Å². The van der Waals surface area contributed by atoms with E-state index < -0.39 is 0 Å². The Morgan fingerprint density at radius 2 is 2.00 bits per heavy atom. The van der Waals surface area contributed by atoms with Crippen molar-refractivity contribution in [2.75, 3.05) is 36.3 Å². The highest BCUT2D eigenvalue weighted by Gasteiger charge is 2.29. The van der Waals surface area contributed by atoms with Crippen molar-refractivity contribution in [1.29, 1.82) is 0 Å². The molecule has 2 rings (SSSR count). The fourth-order valence-electron chi connectivity index (χ4n) is 2.07. The number of hydrogen-bond acceptors (Lipinski definition) is 2. The first-order valence-corrected chi connectivity index (χ1v) is 6.29. The smallest absolute Gasteiger partial charge is 0.227 e. The second-order valence-corrected chi connectivity index (χ2v) is 4.95. The Labute approximate surface area is 107 Å². The molecule has 17 heavy (non-hydrogen) atoms. The molecule has 4 heteroatoms. The lowest BCUT2D eigenvalue weighted by Crippen LogP contribution is -2.24. The minimum absolute atomic E-state index is 0.174. The predicted octanol–water partition coefficient (Wildman–Crippen LogP) is 2.34. The van der Waals surface area contributed by atoms with Crippen LogP contribution in [0.4, 0.5) is 11.4 Å². The zero-order valence-corrected chi connectivity index (χ0v) is 10.9. The van der Waals surface area contributed by atoms with Crippen LogP contribution in [0.15, 0.2) is 24.3 Å². The lowest BCUT2D eigenvalue weighted by molar-refractivity contribution is -0.117. The quantitative estimate of drug-likeness (QED) is 0.771. The summed E-state index contributed by atoms with van der Waals surface area (Å²) in [6, 6.07) is 8.03. The number of hydrogen-bond donors (Lipinski definition) is 0. The van der Waals surface area contributed by atoms with Gasteiger partial charge in [-0.3, -0.25) is 4.79 Å². The number of carbonyl (C=O) groups excluding carboxylic acids is 1. The largest absolute Gasteiger partial charge is 0.378 e. The normalized spacial score (nSPS) is 19.8. The van der Waals surface area contributed by atoms with Crippen LogP contribution < -0.4 is 9.80 Å². The van der Waals surface area contributed by atoms with Gasteiger partial charge in [0.05, 0.1) is 0 Å². The number of rotatable bonds is 3. The number of amides is 1. The number of alkyl halides is 1. The molecule has 0 spiro atoms. The van der Waals surface area contributed by atoms with Gasteiger partial charge in [0.15, 0.2) is 0 Å². The van der Waals surface area contributed by atoms with Crippen LogP contribution in [-0.4, -0.2) is 32.4 Å². The third-order valence-electron chi connectivity index (χ3n) is 3.10. The summed E-state index contributed by atoms with van der Waals surface area (Å²) < 4.78 is 0. The SMILES string of the molecule is CN(C)c1ccc(N2CC(CCl)CC2=O)cc1. The topological polar surface area (TPSA) is 23.6 Å². The van der Waals surface area contributed by atoms with Crippen molar-refractivity contribution in [2.45, 2.75) is 6.42 Å². The van der Waals surface area contributed by atoms with E-state index in [1.807, 2.05) is 48.2 Å². The Bertz CT molecular complexity index is 402. The zero-order chi connectivity index (χ0) is 12.4. The number of halogens is 1. The molecule has 92 valence electrons. The molecule has 1 saturated heterocycles. The Hall–Kier alpha value is -1.22. The maximum absolute atomic E-state index is 11.8. The molecule has 0 bridgehead atoms. The monoisotopic (exact) mass is 252 g/mol. The Balaban J connectivity index is 2.15. The van der Waals surface area contributed by atoms with E-state index in [4.69, 9.17) is 11.6 Å². The van der Waals surface area contributed by atoms with Gasteiger partial charge in [-0.05, 0) is 30.2 Å². The molecular weight excluding hydrogens is 236 g/mol. The molecule has 1 aliphatic heterocycles. The second kappa shape index (κ2) is 4.96. The first-order chi connectivity index (χ1) is 8.11. The van der Waals surface area contributed by atoms with E-state index in [0.717, 1.165) is 17.9 Å². The fourth-order valence-corrected chi connectivity index (χ4v) is 2.27. The van der Waals surface area contributed by atoms with E-state index >= 15 is 0 Å². The van der Waals surface area contributed by atoms with E-state index in [9.17, 15) is 4.79 Å². The lowest BCUT2D eigenvalue weighted by Gasteiger charge is -2.18. The van der Waals surface area contributed by atoms with E-state index in [1.54, 1.807) is 0 Å². The molecule has 1 atom stereocenters. The summed E-state index contributed by atoms with van der Waals surface area (Å²) in [7, 11) is 4.00. The first-order valence-electron chi connectivity index (χ1n) is 5.75. The molecule has 0 aromatic heterocycles. The van der Waals surface area contributed by atoms with Gasteiger partial charge in [-0.1, -0.05) is 0 Å². The molecular formula is C13H17ClN2O. The number of nitrogens with zero attached hydrogens (tertiary/aromatic N) is 2. The molecule has 1 heterocycles. The Morgan fingerprint density at radius 3 is 2.47 bits per heavy atom. The maximum atomic E-state index is 11.8. The molecule has 0 saturated carbocycles. The van der Waals surface area contributed by atoms with Crippen molar-refractivity contribution in [2.24, 2.45) is 5.92 Å². The summed E-state index contributed by atoms with van der Waals surface area (Å²) in [5, 5.41) is 0. The predicted molar refractivity (Wildman–Crippen MR) is 71.9 cm³/mol. The van der Waals surface area contributed by atoms with E-state index in [-0.39, 0.29) is 11.8 Å². The van der Waals surface area contributed by atoms with E-state index in [1.165, 1.54) is 0 Å². The standard InChI is InChI=1S/C13H17ClN2O/c1-15(2)11-3-5-12(6-4-11)16-9-10(8-14)7-13(16)17/h3-6,10H,7-9H2,1-2H3. The van der Waals surface area contributed by atoms with Crippen molar-refractivity contribution >= 4 is 28.9 Å². The van der Waals surface area contributed by atoms with Gasteiger partial charge in [0.1, 0.15) is 0 Å². The van der Waals surface area contributed by atoms with Crippen molar-refractivity contribution in [1.82, 2.24) is 0 Å². The molecule has 1 amide bonds. The van der Waals surface area contributed by atoms with Crippen LogP contribution in [0.25, 0.3) is 0 Å². The minimum atomic E-state index is 0.174. The Kier molecular flexibility index (Phi) is 3.57. The molecule has 0 N–H and O–H groups in total. The van der Waals surface area contributed by atoms with Crippen LogP contribution in [0.5, 0.6) is 0 Å². The van der Waals surface area contributed by atoms with Gasteiger partial charge in [-0.15, -0.1) is 11.6 Å². The van der Waals surface area contributed by atoms with Gasteiger partial charge in [0, 0.05) is 44.3 Å². The molecule has 1 fully saturated rings. The summed E-state index contributed by atoms with van der Waals surface area (Å²) in [5.74, 6) is 1.02. The summed E-state index contributed by atoms with van der Waals surface area (Å²) in [4.78, 5) is 15.7. The molecule has 1 aliphatic rings. The van der Waals surface area contributed by atoms with Gasteiger partial charge in [-0.2, -0.15) is 0 Å². The average Bonchev–Trinajstić information content (AvgIpc) is 2.71. The molecule has 1 aromatic rings. The molecule has 3 nitrogen and oxygen atoms in total.